The van der Waals surface area contributed by atoms with Crippen LogP contribution in [0.2, 0.25) is 0 Å². The lowest BCUT2D eigenvalue weighted by Crippen LogP contribution is -2.20. The summed E-state index contributed by atoms with van der Waals surface area (Å²) in [5, 5.41) is 9.23. The van der Waals surface area contributed by atoms with E-state index in [0.717, 1.165) is 4.57 Å². The molecule has 18 heavy (non-hydrogen) atoms. The molecular weight excluding hydrogens is 254 g/mol. The fraction of sp³-hybridized carbons (Fsp3) is 0. The quantitative estimate of drug-likeness (QED) is 0.624. The Bertz CT molecular complexity index is 903. The zero-order valence-electron chi connectivity index (χ0n) is 8.98. The van der Waals surface area contributed by atoms with Crippen LogP contribution in [0.4, 0.5) is 4.79 Å². The molecule has 0 saturated carbocycles. The molecule has 3 rings (SSSR count). The summed E-state index contributed by atoms with van der Waals surface area (Å²) in [5.41, 5.74) is 0.613. The maximum absolute atomic E-state index is 11.8. The smallest absolute Gasteiger partial charge is 0.418 e. The topological polar surface area (TPSA) is 68.1 Å². The van der Waals surface area contributed by atoms with Crippen LogP contribution in [0.5, 0.6) is 0 Å². The standard InChI is InChI=1S/C11H7N3O3S/c15-9-5-6-12-10(18)13(11(16)17)7-3-1-2-4-8(7)14(9)12/h1-6H,(H,16,17). The number of hydrogen-bond acceptors (Lipinski definition) is 3. The average molecular weight is 261 g/mol. The summed E-state index contributed by atoms with van der Waals surface area (Å²) >= 11 is 5.10. The van der Waals surface area contributed by atoms with Crippen molar-refractivity contribution in [3.05, 3.63) is 51.7 Å². The highest BCUT2D eigenvalue weighted by Crippen LogP contribution is 2.13. The van der Waals surface area contributed by atoms with Gasteiger partial charge in [-0.1, -0.05) is 12.1 Å². The van der Waals surface area contributed by atoms with E-state index in [1.165, 1.54) is 21.3 Å². The van der Waals surface area contributed by atoms with E-state index in [4.69, 9.17) is 12.2 Å². The van der Waals surface area contributed by atoms with E-state index in [1.54, 1.807) is 24.3 Å². The Morgan fingerprint density at radius 2 is 1.83 bits per heavy atom. The van der Waals surface area contributed by atoms with Gasteiger partial charge >= 0.3 is 6.09 Å². The van der Waals surface area contributed by atoms with Gasteiger partial charge in [-0.3, -0.25) is 4.79 Å². The first-order valence-corrected chi connectivity index (χ1v) is 5.49. The first-order chi connectivity index (χ1) is 8.61. The molecule has 2 heterocycles. The van der Waals surface area contributed by atoms with E-state index in [9.17, 15) is 14.7 Å². The molecule has 7 heteroatoms. The summed E-state index contributed by atoms with van der Waals surface area (Å²) in [6.07, 6.45) is 0.274. The lowest BCUT2D eigenvalue weighted by atomic mass is 10.3. The van der Waals surface area contributed by atoms with Crippen molar-refractivity contribution in [2.45, 2.75) is 0 Å². The molecule has 3 aromatic rings. The van der Waals surface area contributed by atoms with Gasteiger partial charge in [0.25, 0.3) is 5.56 Å². The lowest BCUT2D eigenvalue weighted by molar-refractivity contribution is 0.196. The van der Waals surface area contributed by atoms with Gasteiger partial charge in [0.1, 0.15) is 0 Å². The van der Waals surface area contributed by atoms with Gasteiger partial charge in [-0.05, 0) is 24.4 Å². The van der Waals surface area contributed by atoms with E-state index in [-0.39, 0.29) is 10.3 Å². The van der Waals surface area contributed by atoms with E-state index < -0.39 is 6.09 Å². The van der Waals surface area contributed by atoms with Gasteiger partial charge in [0, 0.05) is 12.3 Å². The van der Waals surface area contributed by atoms with Crippen LogP contribution in [-0.4, -0.2) is 24.8 Å². The van der Waals surface area contributed by atoms with Crippen molar-refractivity contribution in [1.29, 1.82) is 0 Å². The highest BCUT2D eigenvalue weighted by molar-refractivity contribution is 7.71. The molecule has 0 radical (unpaired) electrons. The van der Waals surface area contributed by atoms with E-state index in [1.807, 2.05) is 0 Å². The highest BCUT2D eigenvalue weighted by Gasteiger charge is 2.13. The van der Waals surface area contributed by atoms with E-state index in [2.05, 4.69) is 0 Å². The maximum Gasteiger partial charge on any atom is 0.418 e. The number of nitrogens with zero attached hydrogens (tertiary/aromatic N) is 3. The van der Waals surface area contributed by atoms with Gasteiger partial charge in [-0.25, -0.2) is 18.4 Å². The molecule has 0 aliphatic heterocycles. The summed E-state index contributed by atoms with van der Waals surface area (Å²) in [7, 11) is 0. The van der Waals surface area contributed by atoms with Crippen LogP contribution < -0.4 is 5.56 Å². The SMILES string of the molecule is O=C(O)n1c(=S)n2ccc(=O)n2c2ccccc21. The minimum absolute atomic E-state index is 0.0308. The third kappa shape index (κ3) is 1.25. The number of rotatable bonds is 0. The van der Waals surface area contributed by atoms with E-state index >= 15 is 0 Å². The Morgan fingerprint density at radius 1 is 1.17 bits per heavy atom. The number of carboxylic acid groups (broad SMARTS) is 1. The number of fused-ring (bicyclic) bond motifs is 3. The minimum Gasteiger partial charge on any atom is -0.464 e. The molecule has 0 fully saturated rings. The number of hydrogen-bond donors (Lipinski definition) is 1. The first-order valence-electron chi connectivity index (χ1n) is 5.09. The van der Waals surface area contributed by atoms with Crippen LogP contribution in [0.25, 0.3) is 11.0 Å². The van der Waals surface area contributed by atoms with Crippen LogP contribution in [0.15, 0.2) is 41.3 Å². The summed E-state index contributed by atoms with van der Waals surface area (Å²) in [5.74, 6) is 0. The van der Waals surface area contributed by atoms with Crippen molar-refractivity contribution in [3.63, 3.8) is 0 Å². The van der Waals surface area contributed by atoms with Crippen LogP contribution in [-0.2, 0) is 0 Å². The number of benzene rings is 1. The third-order valence-corrected chi connectivity index (χ3v) is 3.08. The van der Waals surface area contributed by atoms with Crippen molar-refractivity contribution in [3.8, 4) is 0 Å². The normalized spacial score (nSPS) is 11.1. The predicted molar refractivity (Wildman–Crippen MR) is 66.9 cm³/mol. The predicted octanol–water partition coefficient (Wildman–Crippen LogP) is 1.61. The second-order valence-corrected chi connectivity index (χ2v) is 4.06. The summed E-state index contributed by atoms with van der Waals surface area (Å²) in [6.45, 7) is 0. The fourth-order valence-corrected chi connectivity index (χ4v) is 2.30. The summed E-state index contributed by atoms with van der Waals surface area (Å²) in [4.78, 5) is 23.0. The molecular formula is C11H7N3O3S. The zero-order valence-corrected chi connectivity index (χ0v) is 9.79. The zero-order chi connectivity index (χ0) is 12.9. The van der Waals surface area contributed by atoms with Gasteiger partial charge in [-0.15, -0.1) is 0 Å². The molecule has 0 aliphatic carbocycles. The Morgan fingerprint density at radius 3 is 2.50 bits per heavy atom. The second kappa shape index (κ2) is 3.54. The molecule has 1 N–H and O–H groups in total. The maximum atomic E-state index is 11.8. The number of carbonyl (C=O) groups is 1. The van der Waals surface area contributed by atoms with Crippen molar-refractivity contribution in [1.82, 2.24) is 13.6 Å². The largest absolute Gasteiger partial charge is 0.464 e. The van der Waals surface area contributed by atoms with Crippen LogP contribution in [0.1, 0.15) is 0 Å². The molecule has 6 nitrogen and oxygen atoms in total. The Balaban J connectivity index is 2.78. The molecule has 0 aliphatic rings. The molecule has 0 unspecified atom stereocenters. The molecule has 0 spiro atoms. The fourth-order valence-electron chi connectivity index (χ4n) is 1.98. The lowest BCUT2D eigenvalue weighted by Gasteiger charge is -2.09. The van der Waals surface area contributed by atoms with Gasteiger partial charge in [0.05, 0.1) is 11.0 Å². The first kappa shape index (κ1) is 10.7. The molecule has 0 atom stereocenters. The van der Waals surface area contributed by atoms with Crippen molar-refractivity contribution in [2.75, 3.05) is 0 Å². The molecule has 1 aromatic carbocycles. The van der Waals surface area contributed by atoms with Crippen molar-refractivity contribution in [2.24, 2.45) is 0 Å². The van der Waals surface area contributed by atoms with Gasteiger partial charge < -0.3 is 5.11 Å². The van der Waals surface area contributed by atoms with Gasteiger partial charge in [0.2, 0.25) is 4.77 Å². The van der Waals surface area contributed by atoms with Gasteiger partial charge in [-0.2, -0.15) is 0 Å². The Labute approximate surface area is 105 Å². The molecule has 0 amide bonds. The third-order valence-electron chi connectivity index (χ3n) is 2.71. The Hall–Kier alpha value is -2.41. The van der Waals surface area contributed by atoms with Crippen molar-refractivity contribution < 1.29 is 9.90 Å². The molecule has 0 bridgehead atoms. The van der Waals surface area contributed by atoms with Crippen LogP contribution in [0.3, 0.4) is 0 Å². The van der Waals surface area contributed by atoms with E-state index in [0.29, 0.717) is 11.0 Å². The highest BCUT2D eigenvalue weighted by atomic mass is 32.1. The average Bonchev–Trinajstić information content (AvgIpc) is 2.72. The van der Waals surface area contributed by atoms with Crippen molar-refractivity contribution >= 4 is 29.3 Å². The number of para-hydroxylation sites is 2. The summed E-state index contributed by atoms with van der Waals surface area (Å²) < 4.78 is 3.69. The molecule has 0 saturated heterocycles. The monoisotopic (exact) mass is 261 g/mol. The summed E-state index contributed by atoms with van der Waals surface area (Å²) in [6, 6.07) is 8.05. The van der Waals surface area contributed by atoms with Crippen LogP contribution in [0, 0.1) is 4.77 Å². The second-order valence-electron chi connectivity index (χ2n) is 3.70. The van der Waals surface area contributed by atoms with Crippen LogP contribution >= 0.6 is 12.2 Å². The number of aromatic nitrogens is 3. The molecule has 2 aromatic heterocycles. The molecule has 90 valence electrons. The Kier molecular flexibility index (Phi) is 2.11. The van der Waals surface area contributed by atoms with Gasteiger partial charge in [0.15, 0.2) is 0 Å². The minimum atomic E-state index is -1.18.